The molecule has 3 fully saturated rings. The Morgan fingerprint density at radius 1 is 1.07 bits per heavy atom. The number of rotatable bonds is 8. The number of piperidine rings is 1. The summed E-state index contributed by atoms with van der Waals surface area (Å²) >= 11 is 3.50. The van der Waals surface area contributed by atoms with Gasteiger partial charge >= 0.3 is 12.1 Å². The van der Waals surface area contributed by atoms with E-state index < -0.39 is 12.1 Å². The second kappa shape index (κ2) is 16.5. The third-order valence-corrected chi connectivity index (χ3v) is 9.27. The van der Waals surface area contributed by atoms with Crippen LogP contribution in [0.2, 0.25) is 0 Å². The van der Waals surface area contributed by atoms with Crippen LogP contribution in [0.15, 0.2) is 34.9 Å². The highest BCUT2D eigenvalue weighted by molar-refractivity contribution is 9.10. The number of carbonyl (C=O) groups excluding carboxylic acids is 1. The third-order valence-electron chi connectivity index (χ3n) is 8.71. The van der Waals surface area contributed by atoms with Crippen molar-refractivity contribution in [1.29, 1.82) is 5.26 Å². The summed E-state index contributed by atoms with van der Waals surface area (Å²) in [4.78, 5) is 38.2. The first-order valence-electron chi connectivity index (χ1n) is 15.5. The SMILES string of the molecule is CN1CCN(C2CCN(Cc3ccc(C(=O)NN(CC4CCCC4)c4nc(C#N)ncc4Br)cc3)CC2)CC1.O=C(O)C(F)(F)F. The van der Waals surface area contributed by atoms with Crippen LogP contribution in [0.1, 0.15) is 60.3 Å². The van der Waals surface area contributed by atoms with Crippen LogP contribution in [0.4, 0.5) is 19.0 Å². The Morgan fingerprint density at radius 2 is 1.67 bits per heavy atom. The average Bonchev–Trinajstić information content (AvgIpc) is 3.55. The molecule has 5 rings (SSSR count). The van der Waals surface area contributed by atoms with Crippen molar-refractivity contribution < 1.29 is 27.9 Å². The summed E-state index contributed by atoms with van der Waals surface area (Å²) in [7, 11) is 2.21. The molecule has 11 nitrogen and oxygen atoms in total. The molecule has 1 aliphatic carbocycles. The molecular formula is C31H40BrF3N8O3. The number of halogens is 4. The molecule has 1 saturated carbocycles. The van der Waals surface area contributed by atoms with Crippen molar-refractivity contribution in [2.24, 2.45) is 5.92 Å². The Kier molecular flexibility index (Phi) is 12.7. The third kappa shape index (κ3) is 10.3. The molecule has 2 aromatic rings. The van der Waals surface area contributed by atoms with Crippen LogP contribution >= 0.6 is 15.9 Å². The van der Waals surface area contributed by atoms with Gasteiger partial charge in [-0.2, -0.15) is 23.4 Å². The van der Waals surface area contributed by atoms with Crippen molar-refractivity contribution in [2.45, 2.75) is 57.3 Å². The van der Waals surface area contributed by atoms with Gasteiger partial charge in [-0.3, -0.25) is 25.0 Å². The summed E-state index contributed by atoms with van der Waals surface area (Å²) < 4.78 is 32.4. The van der Waals surface area contributed by atoms with Gasteiger partial charge in [0.25, 0.3) is 5.91 Å². The van der Waals surface area contributed by atoms with Crippen molar-refractivity contribution in [3.63, 3.8) is 0 Å². The number of hydrogen-bond acceptors (Lipinski definition) is 9. The molecule has 0 atom stereocenters. The van der Waals surface area contributed by atoms with Gasteiger partial charge in [-0.15, -0.1) is 0 Å². The minimum absolute atomic E-state index is 0.0794. The van der Waals surface area contributed by atoms with E-state index in [1.54, 1.807) is 11.2 Å². The smallest absolute Gasteiger partial charge is 0.475 e. The minimum atomic E-state index is -5.08. The van der Waals surface area contributed by atoms with Gasteiger partial charge in [-0.05, 0) is 85.4 Å². The van der Waals surface area contributed by atoms with Crippen LogP contribution in [0, 0.1) is 17.2 Å². The Bertz CT molecular complexity index is 1350. The standard InChI is InChI=1S/C29H39BrN8O.C2HF3O2/c1-35-14-16-37(17-15-35)25-10-12-36(13-11-25)20-23-6-8-24(9-7-23)29(39)34-38(21-22-4-2-3-5-22)28-26(30)19-32-27(18-31)33-28;3-2(4,5)1(6)7/h6-9,19,22,25H,2-5,10-17,20-21H2,1H3,(H,34,39);(H,6,7). The Labute approximate surface area is 275 Å². The van der Waals surface area contributed by atoms with E-state index in [4.69, 9.17) is 9.90 Å². The zero-order chi connectivity index (χ0) is 33.3. The molecule has 0 bridgehead atoms. The summed E-state index contributed by atoms with van der Waals surface area (Å²) in [6.45, 7) is 8.53. The lowest BCUT2D eigenvalue weighted by molar-refractivity contribution is -0.192. The Morgan fingerprint density at radius 3 is 2.24 bits per heavy atom. The second-order valence-electron chi connectivity index (χ2n) is 12.0. The van der Waals surface area contributed by atoms with Crippen molar-refractivity contribution >= 4 is 33.6 Å². The van der Waals surface area contributed by atoms with Gasteiger partial charge in [0.05, 0.1) is 4.47 Å². The molecule has 3 aliphatic rings. The maximum atomic E-state index is 13.3. The zero-order valence-corrected chi connectivity index (χ0v) is 27.4. The first kappa shape index (κ1) is 35.5. The molecule has 3 heterocycles. The summed E-state index contributed by atoms with van der Waals surface area (Å²) in [6, 6.07) is 10.7. The van der Waals surface area contributed by atoms with Crippen LogP contribution in [0.25, 0.3) is 0 Å². The normalized spacial score (nSPS) is 18.8. The van der Waals surface area contributed by atoms with Crippen LogP contribution in [-0.4, -0.2) is 107 Å². The number of carbonyl (C=O) groups is 2. The predicted molar refractivity (Wildman–Crippen MR) is 169 cm³/mol. The van der Waals surface area contributed by atoms with E-state index in [1.165, 1.54) is 57.4 Å². The largest absolute Gasteiger partial charge is 0.490 e. The fourth-order valence-corrected chi connectivity index (χ4v) is 6.48. The number of nitrogens with one attached hydrogen (secondary N) is 1. The number of nitrogens with zero attached hydrogens (tertiary/aromatic N) is 7. The monoisotopic (exact) mass is 708 g/mol. The maximum Gasteiger partial charge on any atom is 0.490 e. The lowest BCUT2D eigenvalue weighted by Gasteiger charge is -2.42. The molecule has 2 aliphatic heterocycles. The van der Waals surface area contributed by atoms with E-state index in [-0.39, 0.29) is 11.7 Å². The lowest BCUT2D eigenvalue weighted by Crippen LogP contribution is -2.52. The number of anilines is 1. The van der Waals surface area contributed by atoms with Crippen molar-refractivity contribution in [1.82, 2.24) is 30.1 Å². The molecule has 250 valence electrons. The second-order valence-corrected chi connectivity index (χ2v) is 12.9. The molecule has 1 amide bonds. The number of alkyl halides is 3. The first-order chi connectivity index (χ1) is 21.9. The molecular weight excluding hydrogens is 669 g/mol. The van der Waals surface area contributed by atoms with E-state index in [0.717, 1.165) is 32.5 Å². The van der Waals surface area contributed by atoms with Gasteiger partial charge in [-0.25, -0.2) is 9.78 Å². The number of benzene rings is 1. The lowest BCUT2D eigenvalue weighted by atomic mass is 10.0. The van der Waals surface area contributed by atoms with Gasteiger partial charge in [0.15, 0.2) is 5.82 Å². The van der Waals surface area contributed by atoms with Crippen LogP contribution in [-0.2, 0) is 11.3 Å². The molecule has 2 N–H and O–H groups in total. The summed E-state index contributed by atoms with van der Waals surface area (Å²) in [5.74, 6) is -1.88. The van der Waals surface area contributed by atoms with Gasteiger partial charge < -0.3 is 10.0 Å². The first-order valence-corrected chi connectivity index (χ1v) is 16.3. The number of hydrogen-bond donors (Lipinski definition) is 2. The highest BCUT2D eigenvalue weighted by Gasteiger charge is 2.38. The molecule has 1 aromatic heterocycles. The zero-order valence-electron chi connectivity index (χ0n) is 25.8. The minimum Gasteiger partial charge on any atom is -0.475 e. The fraction of sp³-hybridized carbons (Fsp3) is 0.581. The number of carboxylic acids is 1. The van der Waals surface area contributed by atoms with Gasteiger partial charge in [0, 0.05) is 57.1 Å². The Balaban J connectivity index is 0.000000617. The maximum absolute atomic E-state index is 13.3. The van der Waals surface area contributed by atoms with Crippen molar-refractivity contribution in [3.05, 3.63) is 51.9 Å². The number of nitriles is 1. The number of carboxylic acid groups (broad SMARTS) is 1. The quantitative estimate of drug-likeness (QED) is 0.383. The van der Waals surface area contributed by atoms with E-state index in [1.807, 2.05) is 18.2 Å². The molecule has 1 aromatic carbocycles. The molecule has 0 unspecified atom stereocenters. The van der Waals surface area contributed by atoms with E-state index >= 15 is 0 Å². The van der Waals surface area contributed by atoms with Crippen LogP contribution < -0.4 is 10.4 Å². The highest BCUT2D eigenvalue weighted by atomic mass is 79.9. The topological polar surface area (TPSA) is 129 Å². The number of likely N-dealkylation sites (tertiary alicyclic amines) is 1. The Hall–Kier alpha value is -3.32. The number of hydrazine groups is 1. The molecule has 0 radical (unpaired) electrons. The highest BCUT2D eigenvalue weighted by Crippen LogP contribution is 2.29. The van der Waals surface area contributed by atoms with Crippen molar-refractivity contribution in [3.8, 4) is 6.07 Å². The molecule has 2 saturated heterocycles. The number of piperazine rings is 1. The van der Waals surface area contributed by atoms with Crippen LogP contribution in [0.3, 0.4) is 0 Å². The molecule has 15 heteroatoms. The molecule has 0 spiro atoms. The number of aliphatic carboxylic acids is 1. The summed E-state index contributed by atoms with van der Waals surface area (Å²) in [5, 5.41) is 18.2. The average molecular weight is 710 g/mol. The summed E-state index contributed by atoms with van der Waals surface area (Å²) in [6.07, 6.45) is 3.60. The van der Waals surface area contributed by atoms with E-state index in [9.17, 15) is 23.2 Å². The van der Waals surface area contributed by atoms with Crippen molar-refractivity contribution in [2.75, 3.05) is 57.9 Å². The number of aromatic nitrogens is 2. The van der Waals surface area contributed by atoms with Gasteiger partial charge in [-0.1, -0.05) is 25.0 Å². The molecule has 46 heavy (non-hydrogen) atoms. The fourth-order valence-electron chi connectivity index (χ4n) is 6.07. The van der Waals surface area contributed by atoms with Gasteiger partial charge in [0.2, 0.25) is 5.82 Å². The predicted octanol–water partition coefficient (Wildman–Crippen LogP) is 4.30. The van der Waals surface area contributed by atoms with Gasteiger partial charge in [0.1, 0.15) is 6.07 Å². The number of amides is 1. The van der Waals surface area contributed by atoms with Crippen LogP contribution in [0.5, 0.6) is 0 Å². The van der Waals surface area contributed by atoms with E-state index in [0.29, 0.717) is 34.4 Å². The van der Waals surface area contributed by atoms with E-state index in [2.05, 4.69) is 65.2 Å². The summed E-state index contributed by atoms with van der Waals surface area (Å²) in [5.41, 5.74) is 4.89. The number of likely N-dealkylation sites (N-methyl/N-ethyl adjacent to an activating group) is 1.